The first-order valence-electron chi connectivity index (χ1n) is 42.5. The minimum atomic E-state index is -0.709. The molecule has 6 aliphatic rings. The number of ketones is 6. The van der Waals surface area contributed by atoms with Gasteiger partial charge in [-0.15, -0.1) is 0 Å². The summed E-state index contributed by atoms with van der Waals surface area (Å²) in [5.74, 6) is -1.20. The fourth-order valence-corrected chi connectivity index (χ4v) is 16.5. The Labute approximate surface area is 807 Å². The van der Waals surface area contributed by atoms with E-state index in [0.29, 0.717) is 86.9 Å². The van der Waals surface area contributed by atoms with Gasteiger partial charge in [-0.05, 0) is 110 Å². The normalized spacial score (nSPS) is 15.4. The lowest BCUT2D eigenvalue weighted by Crippen LogP contribution is -2.49. The third-order valence-electron chi connectivity index (χ3n) is 22.8. The monoisotopic (exact) mass is 1940 g/mol. The fourth-order valence-electron chi connectivity index (χ4n) is 15.8. The van der Waals surface area contributed by atoms with Crippen molar-refractivity contribution in [1.82, 2.24) is 9.97 Å². The number of rotatable bonds is 14. The highest BCUT2D eigenvalue weighted by Crippen LogP contribution is 2.58. The second-order valence-corrected chi connectivity index (χ2v) is 33.7. The second-order valence-electron chi connectivity index (χ2n) is 33.0. The molecule has 19 rings (SSSR count). The van der Waals surface area contributed by atoms with E-state index < -0.39 is 55.0 Å². The van der Waals surface area contributed by atoms with E-state index in [0.717, 1.165) is 90.5 Å². The van der Waals surface area contributed by atoms with Crippen LogP contribution in [0.25, 0.3) is 44.4 Å². The smallest absolute Gasteiger partial charge is 0.270 e. The second kappa shape index (κ2) is 45.3. The number of benzene rings is 12. The lowest BCUT2D eigenvalue weighted by Gasteiger charge is -2.48. The summed E-state index contributed by atoms with van der Waals surface area (Å²) in [6.45, 7) is 20.2. The molecule has 13 aromatic rings. The van der Waals surface area contributed by atoms with Crippen molar-refractivity contribution in [1.29, 1.82) is 0 Å². The van der Waals surface area contributed by atoms with E-state index in [1.807, 2.05) is 112 Å². The number of para-hydroxylation sites is 2. The molecule has 4 aliphatic heterocycles. The maximum atomic E-state index is 13.2. The molecule has 0 saturated heterocycles. The van der Waals surface area contributed by atoms with Gasteiger partial charge in [-0.3, -0.25) is 78.8 Å². The van der Waals surface area contributed by atoms with Gasteiger partial charge in [-0.25, -0.2) is 9.97 Å². The van der Waals surface area contributed by atoms with Crippen LogP contribution in [0.1, 0.15) is 178 Å². The molecule has 12 aromatic carbocycles. The molecular weight excluding hydrogens is 1850 g/mol. The van der Waals surface area contributed by atoms with Crippen LogP contribution in [0.15, 0.2) is 284 Å². The highest BCUT2D eigenvalue weighted by atomic mass is 79.9. The number of aliphatic hydroxyl groups is 1. The van der Waals surface area contributed by atoms with Gasteiger partial charge in [-0.1, -0.05) is 188 Å². The Balaban J connectivity index is 0.000000173. The number of aliphatic hydroxyl groups excluding tert-OH is 1. The fraction of sp³-hybridized carbons (Fsp3) is 0.187. The van der Waals surface area contributed by atoms with Crippen molar-refractivity contribution >= 4 is 142 Å². The summed E-state index contributed by atoms with van der Waals surface area (Å²) >= 11 is 3.27. The average molecular weight is 1940 g/mol. The molecule has 32 heteroatoms. The van der Waals surface area contributed by atoms with Crippen LogP contribution in [0.2, 0.25) is 0 Å². The Morgan fingerprint density at radius 2 is 0.993 bits per heavy atom. The van der Waals surface area contributed by atoms with Gasteiger partial charge in [0.25, 0.3) is 22.7 Å². The number of phenols is 1. The summed E-state index contributed by atoms with van der Waals surface area (Å²) in [4.78, 5) is 144. The summed E-state index contributed by atoms with van der Waals surface area (Å²) in [5, 5.41) is 64.9. The molecule has 1 aromatic heterocycles. The van der Waals surface area contributed by atoms with Crippen LogP contribution in [0.4, 0.5) is 34.1 Å². The summed E-state index contributed by atoms with van der Waals surface area (Å²) in [7, 11) is 0. The van der Waals surface area contributed by atoms with Crippen LogP contribution >= 0.6 is 15.9 Å². The van der Waals surface area contributed by atoms with Crippen molar-refractivity contribution in [2.24, 2.45) is 11.8 Å². The quantitative estimate of drug-likeness (QED) is 0.00671. The molecule has 0 radical (unpaired) electrons. The topological polar surface area (TPSA) is 474 Å². The number of aromatic nitrogens is 2. The zero-order valence-electron chi connectivity index (χ0n) is 75.1. The van der Waals surface area contributed by atoms with Crippen molar-refractivity contribution in [3.8, 4) is 28.7 Å². The molecule has 2 aliphatic carbocycles. The Hall–Kier alpha value is -17.0. The minimum Gasteiger partial charge on any atom is -0.507 e. The number of allylic oxidation sites excluding steroid dienone is 4. The number of non-ortho nitro benzene ring substituents is 4. The Kier molecular flexibility index (Phi) is 33.9. The number of fused-ring (bicyclic) bond motifs is 18. The highest BCUT2D eigenvalue weighted by molar-refractivity contribution is 9.09. The van der Waals surface area contributed by atoms with Gasteiger partial charge in [0, 0.05) is 157 Å². The molecule has 139 heavy (non-hydrogen) atoms. The lowest BCUT2D eigenvalue weighted by molar-refractivity contribution is -0.385. The number of ether oxygens (including phenoxy) is 5. The lowest BCUT2D eigenvalue weighted by atomic mass is 9.66. The number of carbonyl (C=O) groups is 8. The van der Waals surface area contributed by atoms with Crippen molar-refractivity contribution in [3.63, 3.8) is 0 Å². The third-order valence-corrected chi connectivity index (χ3v) is 23.1. The van der Waals surface area contributed by atoms with Gasteiger partial charge in [0.15, 0.2) is 30.7 Å². The Morgan fingerprint density at radius 3 is 1.51 bits per heavy atom. The van der Waals surface area contributed by atoms with Crippen LogP contribution in [0.3, 0.4) is 0 Å². The Morgan fingerprint density at radius 1 is 0.525 bits per heavy atom. The van der Waals surface area contributed by atoms with Crippen molar-refractivity contribution in [3.05, 3.63) is 398 Å². The molecule has 0 unspecified atom stereocenters. The number of hydrogen-bond donors (Lipinski definition) is 4. The van der Waals surface area contributed by atoms with Crippen molar-refractivity contribution in [2.45, 2.75) is 93.3 Å². The van der Waals surface area contributed by atoms with Crippen LogP contribution in [0.5, 0.6) is 28.7 Å². The molecule has 4 atom stereocenters. The van der Waals surface area contributed by atoms with Gasteiger partial charge in [0.2, 0.25) is 23.1 Å². The summed E-state index contributed by atoms with van der Waals surface area (Å²) in [6.07, 6.45) is 5.71. The number of nitrogen functional groups attached to an aromatic ring is 2. The number of anilines is 2. The summed E-state index contributed by atoms with van der Waals surface area (Å²) < 4.78 is 30.3. The number of aromatic hydroxyl groups is 1. The van der Waals surface area contributed by atoms with Gasteiger partial charge < -0.3 is 45.4 Å². The molecule has 0 saturated carbocycles. The molecule has 0 spiro atoms. The van der Waals surface area contributed by atoms with Gasteiger partial charge in [0.1, 0.15) is 51.5 Å². The van der Waals surface area contributed by atoms with E-state index in [2.05, 4.69) is 62.3 Å². The molecule has 710 valence electrons. The number of carbonyl (C=O) groups excluding carboxylic acids is 8. The van der Waals surface area contributed by atoms with Crippen LogP contribution < -0.4 is 30.4 Å². The predicted molar refractivity (Wildman–Crippen MR) is 534 cm³/mol. The van der Waals surface area contributed by atoms with E-state index in [4.69, 9.17) is 50.2 Å². The highest BCUT2D eigenvalue weighted by Gasteiger charge is 2.55. The number of Topliss-reactive ketones (excluding diaryl/α,β-unsaturated/α-hetero) is 4. The first kappa shape index (κ1) is 104. The number of phenolic OH excluding ortho intramolecular Hbond substituents is 1. The SMILES string of the molecule is C.C.C=C(C)[CH+]COc1ccc([N+](=O)[O-])cc1C=O.CC(=O)c1ccccc1.CC(C)=CCBr.CC1(C)OC2=C(C(=O)C(=O)c3ccccc32)[C@@H]2c3cc([N+](=O)[O-])ccc3OC[C@@H]21.CC1(C)Oc2c(c3nc4ccccc4nc3c3ccccc23)[C@@H]2c3cc([N+](=O)[O-])ccc3OC[C@@H]21.Nc1ccc(C(=O)c2ccccc2)cc1N.O=C1C=C(O)c2ccccc2C1=O.O=Cc1cc([N+](=O)[O-])ccc1O. The zero-order chi connectivity index (χ0) is 99.0. The largest absolute Gasteiger partial charge is 0.507 e. The summed E-state index contributed by atoms with van der Waals surface area (Å²) in [6, 6.07) is 68.9. The average Bonchev–Trinajstić information content (AvgIpc) is 0.705. The number of alkyl halides is 1. The van der Waals surface area contributed by atoms with E-state index in [1.165, 1.54) is 48.0 Å². The van der Waals surface area contributed by atoms with E-state index in [1.54, 1.807) is 104 Å². The standard InChI is InChI=1S/C28H21N3O4.C22H17NO6.C13H12N2O.C12H12NO4.C10H6O3.C8H8O.C7H5NO4.C5H9Br.2CH4/c1-28(2)19-14-34-22-12-11-15(31(32)33)13-18(22)23(19)24-26-25(29-20-9-5-6-10-21(20)30-26)16-7-3-4-8-17(16)27(24)35-28;1-22(2)15-10-28-16-8-7-11(23(26)27)9-14(16)17(15)18-20(25)19(24)12-5-3-4-6-13(12)21(18)29-22;14-11-7-6-10(8-12(11)15)13(16)9-4-2-1-3-5-9;1-9(2)5-6-17-12-4-3-11(13(15)16)7-10(12)8-14;11-8-5-9(12)10(13)7-4-2-1-3-6(7)8;1-7(9)8-5-3-2-4-6-8;9-4-5-3-6(8(11)12)1-2-7(5)10;1-5(2)3-4-6;;/h3-13,19,23H,14H2,1-2H3;3-9,15,17H,10H2,1-2H3;1-8H,14-15H2;3-5,7-8H,1,6H2,2H3;1-5,11H;2-6H,1H3;1-4,10H;3H,4H2,1-2H3;2*1H4/q;;;+1;;;;;;/t19-,23+;15-,17+;;;;;;;;/m00......../s1. The van der Waals surface area contributed by atoms with Crippen LogP contribution in [-0.2, 0) is 14.3 Å². The maximum Gasteiger partial charge on any atom is 0.270 e. The predicted octanol–water partition coefficient (Wildman–Crippen LogP) is 22.4. The minimum absolute atomic E-state index is 0. The molecule has 5 heterocycles. The van der Waals surface area contributed by atoms with Gasteiger partial charge >= 0.3 is 0 Å². The number of nitrogens with zero attached hydrogens (tertiary/aromatic N) is 6. The number of aldehydes is 2. The van der Waals surface area contributed by atoms with Crippen LogP contribution in [-0.4, -0.2) is 123 Å². The number of hydrogen-bond acceptors (Lipinski definition) is 27. The van der Waals surface area contributed by atoms with Crippen molar-refractivity contribution in [2.75, 3.05) is 36.6 Å². The van der Waals surface area contributed by atoms with Crippen molar-refractivity contribution < 1.29 is 91.9 Å². The summed E-state index contributed by atoms with van der Waals surface area (Å²) in [5.41, 5.74) is 22.1. The van der Waals surface area contributed by atoms with E-state index in [-0.39, 0.29) is 119 Å². The van der Waals surface area contributed by atoms with E-state index >= 15 is 0 Å². The first-order chi connectivity index (χ1) is 65.4. The van der Waals surface area contributed by atoms with Crippen LogP contribution in [0, 0.1) is 58.7 Å². The molecule has 0 amide bonds. The number of nitro benzene ring substituents is 4. The molecule has 6 N–H and O–H groups in total. The first-order valence-corrected chi connectivity index (χ1v) is 43.6. The maximum absolute atomic E-state index is 13.2. The molecular formula is C107H98BrN8O23+. The van der Waals surface area contributed by atoms with Gasteiger partial charge in [0.05, 0.1) is 95.0 Å². The number of nitro groups is 4. The molecule has 31 nitrogen and oxygen atoms in total. The molecule has 0 fully saturated rings. The number of halogens is 1. The molecule has 0 bridgehead atoms. The van der Waals surface area contributed by atoms with E-state index in [9.17, 15) is 83.9 Å². The zero-order valence-corrected chi connectivity index (χ0v) is 76.7. The van der Waals surface area contributed by atoms with Gasteiger partial charge in [-0.2, -0.15) is 0 Å². The third kappa shape index (κ3) is 23.7. The number of nitrogens with two attached hydrogens (primary N) is 2. The Bertz CT molecular complexity index is 7110.